The predicted molar refractivity (Wildman–Crippen MR) is 120 cm³/mol. The molecule has 0 bridgehead atoms. The number of carboxylic acids is 2. The molecule has 1 aromatic heterocycles. The summed E-state index contributed by atoms with van der Waals surface area (Å²) in [4.78, 5) is 52.2. The van der Waals surface area contributed by atoms with Crippen LogP contribution in [0.4, 0.5) is 11.6 Å². The standard InChI is InChI=1S/C20H19N5O8S/c21-20-23-14-6-5-12(9-13(14)18(29)24-20)34(32,33)25-11-3-1-10(2-4-11)17(28)22-15(19(30)31)7-8-16(26)27/h1-6,9,15,25H,7-8H2,(H,22,28)(H,26,27)(H,30,31)(H3,21,23,24,29). The number of sulfonamides is 1. The van der Waals surface area contributed by atoms with Crippen molar-refractivity contribution in [2.24, 2.45) is 0 Å². The molecule has 1 amide bonds. The van der Waals surface area contributed by atoms with E-state index in [1.54, 1.807) is 0 Å². The summed E-state index contributed by atoms with van der Waals surface area (Å²) in [7, 11) is -4.11. The maximum absolute atomic E-state index is 12.7. The third-order valence-corrected chi connectivity index (χ3v) is 6.03. The third kappa shape index (κ3) is 5.66. The van der Waals surface area contributed by atoms with E-state index >= 15 is 0 Å². The Bertz CT molecular complexity index is 1430. The van der Waals surface area contributed by atoms with Crippen LogP contribution in [0.3, 0.4) is 0 Å². The quantitative estimate of drug-likeness (QED) is 0.242. The number of H-pyrrole nitrogens is 1. The lowest BCUT2D eigenvalue weighted by Gasteiger charge is -2.14. The number of nitrogens with zero attached hydrogens (tertiary/aromatic N) is 1. The highest BCUT2D eigenvalue weighted by molar-refractivity contribution is 7.92. The lowest BCUT2D eigenvalue weighted by atomic mass is 10.1. The first-order valence-corrected chi connectivity index (χ1v) is 11.1. The molecule has 0 radical (unpaired) electrons. The number of benzene rings is 2. The second kappa shape index (κ2) is 9.58. The Balaban J connectivity index is 1.75. The Morgan fingerprint density at radius 3 is 2.38 bits per heavy atom. The van der Waals surface area contributed by atoms with Gasteiger partial charge in [-0.25, -0.2) is 18.2 Å². The van der Waals surface area contributed by atoms with Crippen molar-refractivity contribution in [2.75, 3.05) is 10.5 Å². The van der Waals surface area contributed by atoms with Gasteiger partial charge in [-0.15, -0.1) is 0 Å². The molecule has 3 rings (SSSR count). The number of carbonyl (C=O) groups is 3. The largest absolute Gasteiger partial charge is 0.481 e. The number of hydrogen-bond acceptors (Lipinski definition) is 8. The molecule has 1 unspecified atom stereocenters. The maximum atomic E-state index is 12.7. The molecular formula is C20H19N5O8S. The van der Waals surface area contributed by atoms with Crippen molar-refractivity contribution in [3.63, 3.8) is 0 Å². The average molecular weight is 489 g/mol. The molecule has 1 heterocycles. The van der Waals surface area contributed by atoms with Crippen LogP contribution in [-0.4, -0.2) is 52.5 Å². The summed E-state index contributed by atoms with van der Waals surface area (Å²) >= 11 is 0. The van der Waals surface area contributed by atoms with E-state index in [0.717, 1.165) is 6.07 Å². The Kier molecular flexibility index (Phi) is 6.81. The van der Waals surface area contributed by atoms with Crippen LogP contribution in [0.15, 0.2) is 52.2 Å². The van der Waals surface area contributed by atoms with Crippen LogP contribution in [0.25, 0.3) is 10.9 Å². The molecule has 0 aliphatic heterocycles. The molecule has 1 atom stereocenters. The second-order valence-corrected chi connectivity index (χ2v) is 8.79. The SMILES string of the molecule is Nc1nc2ccc(S(=O)(=O)Nc3ccc(C(=O)NC(CCC(=O)O)C(=O)O)cc3)cc2c(=O)[nH]1. The number of carbonyl (C=O) groups excluding carboxylic acids is 1. The van der Waals surface area contributed by atoms with Crippen LogP contribution >= 0.6 is 0 Å². The smallest absolute Gasteiger partial charge is 0.326 e. The van der Waals surface area contributed by atoms with Crippen molar-refractivity contribution in [1.29, 1.82) is 0 Å². The molecule has 7 N–H and O–H groups in total. The Morgan fingerprint density at radius 1 is 1.09 bits per heavy atom. The summed E-state index contributed by atoms with van der Waals surface area (Å²) in [5.41, 5.74) is 5.23. The minimum absolute atomic E-state index is 0.0278. The van der Waals surface area contributed by atoms with Crippen LogP contribution in [0.2, 0.25) is 0 Å². The summed E-state index contributed by atoms with van der Waals surface area (Å²) in [6, 6.07) is 7.44. The van der Waals surface area contributed by atoms with Gasteiger partial charge in [0, 0.05) is 17.7 Å². The zero-order valence-corrected chi connectivity index (χ0v) is 18.1. The molecule has 2 aromatic carbocycles. The molecule has 0 spiro atoms. The lowest BCUT2D eigenvalue weighted by molar-refractivity contribution is -0.140. The minimum atomic E-state index is -4.11. The topological polar surface area (TPSA) is 222 Å². The van der Waals surface area contributed by atoms with Gasteiger partial charge in [0.1, 0.15) is 6.04 Å². The fourth-order valence-electron chi connectivity index (χ4n) is 2.97. The van der Waals surface area contributed by atoms with Crippen LogP contribution < -0.4 is 21.3 Å². The average Bonchev–Trinajstić information content (AvgIpc) is 2.76. The number of anilines is 2. The van der Waals surface area contributed by atoms with Crippen LogP contribution in [0, 0.1) is 0 Å². The van der Waals surface area contributed by atoms with Gasteiger partial charge in [-0.3, -0.25) is 24.1 Å². The van der Waals surface area contributed by atoms with E-state index in [-0.39, 0.29) is 39.4 Å². The van der Waals surface area contributed by atoms with E-state index in [0.29, 0.717) is 0 Å². The molecular weight excluding hydrogens is 470 g/mol. The number of rotatable bonds is 9. The van der Waals surface area contributed by atoms with Gasteiger partial charge in [-0.1, -0.05) is 0 Å². The zero-order chi connectivity index (χ0) is 25.0. The molecule has 178 valence electrons. The molecule has 34 heavy (non-hydrogen) atoms. The monoisotopic (exact) mass is 489 g/mol. The first kappa shape index (κ1) is 24.2. The molecule has 13 nitrogen and oxygen atoms in total. The summed E-state index contributed by atoms with van der Waals surface area (Å²) in [5.74, 6) is -3.46. The fourth-order valence-corrected chi connectivity index (χ4v) is 4.06. The van der Waals surface area contributed by atoms with E-state index in [1.165, 1.54) is 36.4 Å². The molecule has 0 aliphatic carbocycles. The summed E-state index contributed by atoms with van der Waals surface area (Å²) < 4.78 is 27.8. The fraction of sp³-hybridized carbons (Fsp3) is 0.150. The number of fused-ring (bicyclic) bond motifs is 1. The van der Waals surface area contributed by atoms with Gasteiger partial charge in [0.05, 0.1) is 15.8 Å². The number of aromatic amines is 1. The van der Waals surface area contributed by atoms with Gasteiger partial charge in [0.2, 0.25) is 5.95 Å². The van der Waals surface area contributed by atoms with E-state index in [4.69, 9.17) is 15.9 Å². The number of aliphatic carboxylic acids is 2. The van der Waals surface area contributed by atoms with Crippen molar-refractivity contribution in [3.8, 4) is 0 Å². The van der Waals surface area contributed by atoms with Crippen molar-refractivity contribution < 1.29 is 33.0 Å². The number of hydrogen-bond donors (Lipinski definition) is 6. The number of aromatic nitrogens is 2. The first-order chi connectivity index (χ1) is 16.0. The lowest BCUT2D eigenvalue weighted by Crippen LogP contribution is -2.41. The second-order valence-electron chi connectivity index (χ2n) is 7.11. The van der Waals surface area contributed by atoms with E-state index in [9.17, 15) is 27.6 Å². The summed E-state index contributed by atoms with van der Waals surface area (Å²) in [6.07, 6.45) is -0.743. The molecule has 0 saturated carbocycles. The van der Waals surface area contributed by atoms with Crippen molar-refractivity contribution >= 4 is 50.4 Å². The van der Waals surface area contributed by atoms with Gasteiger partial charge in [-0.05, 0) is 48.9 Å². The van der Waals surface area contributed by atoms with E-state index in [1.807, 2.05) is 0 Å². The molecule has 14 heteroatoms. The highest BCUT2D eigenvalue weighted by Gasteiger charge is 2.22. The van der Waals surface area contributed by atoms with Gasteiger partial charge >= 0.3 is 11.9 Å². The van der Waals surface area contributed by atoms with Gasteiger partial charge in [0.25, 0.3) is 21.5 Å². The van der Waals surface area contributed by atoms with Crippen molar-refractivity contribution in [3.05, 3.63) is 58.4 Å². The Labute approximate surface area is 191 Å². The van der Waals surface area contributed by atoms with Gasteiger partial charge in [0.15, 0.2) is 0 Å². The molecule has 3 aromatic rings. The molecule has 0 saturated heterocycles. The maximum Gasteiger partial charge on any atom is 0.326 e. The number of amides is 1. The van der Waals surface area contributed by atoms with Crippen LogP contribution in [0.1, 0.15) is 23.2 Å². The Hall–Kier alpha value is -4.46. The van der Waals surface area contributed by atoms with E-state index in [2.05, 4.69) is 20.0 Å². The van der Waals surface area contributed by atoms with Crippen LogP contribution in [0.5, 0.6) is 0 Å². The van der Waals surface area contributed by atoms with Crippen LogP contribution in [-0.2, 0) is 19.6 Å². The zero-order valence-electron chi connectivity index (χ0n) is 17.3. The highest BCUT2D eigenvalue weighted by Crippen LogP contribution is 2.20. The minimum Gasteiger partial charge on any atom is -0.481 e. The first-order valence-electron chi connectivity index (χ1n) is 9.64. The van der Waals surface area contributed by atoms with Crippen molar-refractivity contribution in [1.82, 2.24) is 15.3 Å². The third-order valence-electron chi connectivity index (χ3n) is 4.66. The number of nitrogens with one attached hydrogen (secondary N) is 3. The Morgan fingerprint density at radius 2 is 1.76 bits per heavy atom. The number of nitrogens with two attached hydrogens (primary N) is 1. The predicted octanol–water partition coefficient (Wildman–Crippen LogP) is 0.354. The van der Waals surface area contributed by atoms with Gasteiger partial charge in [-0.2, -0.15) is 0 Å². The number of nitrogen functional groups attached to an aromatic ring is 1. The molecule has 0 aliphatic rings. The van der Waals surface area contributed by atoms with Gasteiger partial charge < -0.3 is 21.3 Å². The highest BCUT2D eigenvalue weighted by atomic mass is 32.2. The number of carboxylic acid groups (broad SMARTS) is 2. The van der Waals surface area contributed by atoms with Crippen molar-refractivity contribution in [2.45, 2.75) is 23.8 Å². The van der Waals surface area contributed by atoms with E-state index < -0.39 is 45.9 Å². The summed E-state index contributed by atoms with van der Waals surface area (Å²) in [5, 5.41) is 20.1. The summed E-state index contributed by atoms with van der Waals surface area (Å²) in [6.45, 7) is 0. The molecule has 0 fully saturated rings. The normalized spacial score (nSPS) is 12.1.